The Morgan fingerprint density at radius 3 is 2.79 bits per heavy atom. The molecule has 2 rings (SSSR count). The van der Waals surface area contributed by atoms with E-state index in [9.17, 15) is 4.79 Å². The van der Waals surface area contributed by atoms with Gasteiger partial charge in [-0.05, 0) is 69.0 Å². The molecule has 1 aromatic rings. The third kappa shape index (κ3) is 4.84. The average molecular weight is 283 g/mol. The fourth-order valence-electron chi connectivity index (χ4n) is 2.34. The number of hydrogen-bond acceptors (Lipinski definition) is 2. The van der Waals surface area contributed by atoms with Crippen LogP contribution in [0.15, 0.2) is 18.2 Å². The number of anilines is 1. The van der Waals surface area contributed by atoms with Gasteiger partial charge in [-0.1, -0.05) is 6.07 Å². The summed E-state index contributed by atoms with van der Waals surface area (Å²) in [6.07, 6.45) is 2.82. The number of nitrogens with one attached hydrogen (secondary N) is 2. The fraction of sp³-hybridized carbons (Fsp3) is 0.533. The third-order valence-corrected chi connectivity index (χ3v) is 3.73. The number of benzene rings is 1. The molecule has 1 aliphatic rings. The molecule has 2 N–H and O–H groups in total. The van der Waals surface area contributed by atoms with Crippen molar-refractivity contribution in [2.24, 2.45) is 5.92 Å². The lowest BCUT2D eigenvalue weighted by atomic mass is 10.0. The maximum Gasteiger partial charge on any atom is 0.224 e. The van der Waals surface area contributed by atoms with Gasteiger partial charge < -0.3 is 10.6 Å². The van der Waals surface area contributed by atoms with Gasteiger partial charge in [0.1, 0.15) is 0 Å². The zero-order valence-electron chi connectivity index (χ0n) is 11.7. The van der Waals surface area contributed by atoms with E-state index in [1.165, 1.54) is 17.5 Å². The van der Waals surface area contributed by atoms with E-state index in [2.05, 4.69) is 24.5 Å². The summed E-state index contributed by atoms with van der Waals surface area (Å²) in [5, 5.41) is 6.30. The summed E-state index contributed by atoms with van der Waals surface area (Å²) in [7, 11) is 0. The second-order valence-corrected chi connectivity index (χ2v) is 5.24. The molecule has 3 nitrogen and oxygen atoms in total. The lowest BCUT2D eigenvalue weighted by Crippen LogP contribution is -2.15. The molecule has 1 fully saturated rings. The Balaban J connectivity index is 0.00000180. The van der Waals surface area contributed by atoms with Crippen molar-refractivity contribution in [1.82, 2.24) is 5.32 Å². The summed E-state index contributed by atoms with van der Waals surface area (Å²) >= 11 is 0. The predicted molar refractivity (Wildman–Crippen MR) is 82.0 cm³/mol. The molecule has 0 bridgehead atoms. The highest BCUT2D eigenvalue weighted by atomic mass is 35.5. The Kier molecular flexibility index (Phi) is 6.32. The van der Waals surface area contributed by atoms with E-state index in [4.69, 9.17) is 0 Å². The number of aryl methyl sites for hydroxylation is 2. The van der Waals surface area contributed by atoms with Crippen LogP contribution in [0.25, 0.3) is 0 Å². The van der Waals surface area contributed by atoms with Crippen LogP contribution in [-0.4, -0.2) is 19.0 Å². The molecular weight excluding hydrogens is 260 g/mol. The first-order valence-corrected chi connectivity index (χ1v) is 6.73. The lowest BCUT2D eigenvalue weighted by molar-refractivity contribution is -0.116. The van der Waals surface area contributed by atoms with Crippen LogP contribution < -0.4 is 10.6 Å². The highest BCUT2D eigenvalue weighted by Crippen LogP contribution is 2.17. The highest BCUT2D eigenvalue weighted by molar-refractivity contribution is 5.90. The Labute approximate surface area is 121 Å². The monoisotopic (exact) mass is 282 g/mol. The van der Waals surface area contributed by atoms with Crippen LogP contribution in [0.2, 0.25) is 0 Å². The van der Waals surface area contributed by atoms with Crippen LogP contribution in [0.3, 0.4) is 0 Å². The predicted octanol–water partition coefficient (Wildman–Crippen LogP) is 3.05. The van der Waals surface area contributed by atoms with Crippen LogP contribution in [0.4, 0.5) is 5.69 Å². The highest BCUT2D eigenvalue weighted by Gasteiger charge is 2.15. The van der Waals surface area contributed by atoms with Crippen molar-refractivity contribution < 1.29 is 4.79 Å². The molecule has 1 saturated heterocycles. The van der Waals surface area contributed by atoms with E-state index in [1.807, 2.05) is 18.2 Å². The first-order valence-electron chi connectivity index (χ1n) is 6.73. The van der Waals surface area contributed by atoms with Crippen molar-refractivity contribution in [3.63, 3.8) is 0 Å². The van der Waals surface area contributed by atoms with Gasteiger partial charge in [-0.25, -0.2) is 0 Å². The van der Waals surface area contributed by atoms with Crippen molar-refractivity contribution in [3.05, 3.63) is 29.3 Å². The molecular formula is C15H23ClN2O. The number of hydrogen-bond donors (Lipinski definition) is 2. The minimum Gasteiger partial charge on any atom is -0.326 e. The molecule has 1 unspecified atom stereocenters. The summed E-state index contributed by atoms with van der Waals surface area (Å²) in [5.74, 6) is 0.806. The van der Waals surface area contributed by atoms with Gasteiger partial charge in [0.15, 0.2) is 0 Å². The summed E-state index contributed by atoms with van der Waals surface area (Å²) < 4.78 is 0. The molecule has 1 heterocycles. The first-order chi connectivity index (χ1) is 8.65. The normalized spacial score (nSPS) is 17.9. The molecule has 19 heavy (non-hydrogen) atoms. The van der Waals surface area contributed by atoms with Gasteiger partial charge in [-0.15, -0.1) is 12.4 Å². The molecule has 1 amide bonds. The molecule has 1 aromatic carbocycles. The largest absolute Gasteiger partial charge is 0.326 e. The van der Waals surface area contributed by atoms with Crippen LogP contribution in [0.1, 0.15) is 30.4 Å². The van der Waals surface area contributed by atoms with Crippen LogP contribution in [-0.2, 0) is 4.79 Å². The Bertz CT molecular complexity index is 428. The van der Waals surface area contributed by atoms with Gasteiger partial charge in [0.2, 0.25) is 5.91 Å². The molecule has 0 saturated carbocycles. The summed E-state index contributed by atoms with van der Waals surface area (Å²) in [4.78, 5) is 11.8. The molecule has 106 valence electrons. The molecule has 0 radical (unpaired) electrons. The number of amides is 1. The molecule has 1 aliphatic heterocycles. The third-order valence-electron chi connectivity index (χ3n) is 3.73. The Morgan fingerprint density at radius 1 is 1.37 bits per heavy atom. The van der Waals surface area contributed by atoms with Gasteiger partial charge in [-0.2, -0.15) is 0 Å². The van der Waals surface area contributed by atoms with Crippen molar-refractivity contribution in [2.45, 2.75) is 33.1 Å². The summed E-state index contributed by atoms with van der Waals surface area (Å²) in [6.45, 7) is 6.31. The van der Waals surface area contributed by atoms with Crippen molar-refractivity contribution >= 4 is 24.0 Å². The number of carbonyl (C=O) groups excluding carboxylic acids is 1. The van der Waals surface area contributed by atoms with E-state index < -0.39 is 0 Å². The molecule has 4 heteroatoms. The lowest BCUT2D eigenvalue weighted by Gasteiger charge is -2.10. The van der Waals surface area contributed by atoms with Crippen molar-refractivity contribution in [1.29, 1.82) is 0 Å². The van der Waals surface area contributed by atoms with Gasteiger partial charge in [0, 0.05) is 12.1 Å². The van der Waals surface area contributed by atoms with Crippen LogP contribution in [0, 0.1) is 19.8 Å². The van der Waals surface area contributed by atoms with Crippen LogP contribution >= 0.6 is 12.4 Å². The van der Waals surface area contributed by atoms with Crippen molar-refractivity contribution in [3.8, 4) is 0 Å². The molecule has 1 atom stereocenters. The first kappa shape index (κ1) is 16.0. The van der Waals surface area contributed by atoms with Gasteiger partial charge in [0.05, 0.1) is 0 Å². The van der Waals surface area contributed by atoms with E-state index in [-0.39, 0.29) is 18.3 Å². The topological polar surface area (TPSA) is 41.1 Å². The second-order valence-electron chi connectivity index (χ2n) is 5.24. The number of carbonyl (C=O) groups is 1. The maximum atomic E-state index is 11.8. The average Bonchev–Trinajstić information content (AvgIpc) is 2.84. The Hall–Kier alpha value is -1.06. The van der Waals surface area contributed by atoms with E-state index in [0.29, 0.717) is 12.3 Å². The SMILES string of the molecule is Cc1ccc(NC(=O)CCC2CCNC2)cc1C.Cl. The maximum absolute atomic E-state index is 11.8. The summed E-state index contributed by atoms with van der Waals surface area (Å²) in [6, 6.07) is 6.05. The smallest absolute Gasteiger partial charge is 0.224 e. The minimum atomic E-state index is 0. The number of halogens is 1. The van der Waals surface area contributed by atoms with Gasteiger partial charge in [0.25, 0.3) is 0 Å². The quantitative estimate of drug-likeness (QED) is 0.891. The van der Waals surface area contributed by atoms with E-state index in [1.54, 1.807) is 0 Å². The molecule has 0 aromatic heterocycles. The molecule has 0 aliphatic carbocycles. The zero-order valence-corrected chi connectivity index (χ0v) is 12.5. The van der Waals surface area contributed by atoms with Crippen molar-refractivity contribution in [2.75, 3.05) is 18.4 Å². The van der Waals surface area contributed by atoms with Crippen LogP contribution in [0.5, 0.6) is 0 Å². The van der Waals surface area contributed by atoms with Gasteiger partial charge in [-0.3, -0.25) is 4.79 Å². The van der Waals surface area contributed by atoms with Gasteiger partial charge >= 0.3 is 0 Å². The standard InChI is InChI=1S/C15H22N2O.ClH/c1-11-3-5-14(9-12(11)2)17-15(18)6-4-13-7-8-16-10-13;/h3,5,9,13,16H,4,6-8,10H2,1-2H3,(H,17,18);1H. The zero-order chi connectivity index (χ0) is 13.0. The minimum absolute atomic E-state index is 0. The van der Waals surface area contributed by atoms with E-state index in [0.717, 1.165) is 25.2 Å². The molecule has 0 spiro atoms. The summed E-state index contributed by atoms with van der Waals surface area (Å²) in [5.41, 5.74) is 3.38. The fourth-order valence-corrected chi connectivity index (χ4v) is 2.34. The second kappa shape index (κ2) is 7.51. The van der Waals surface area contributed by atoms with E-state index >= 15 is 0 Å². The number of rotatable bonds is 4. The Morgan fingerprint density at radius 2 is 2.16 bits per heavy atom.